The molecule has 6 heteroatoms. The van der Waals surface area contributed by atoms with Gasteiger partial charge in [0, 0.05) is 30.2 Å². The van der Waals surface area contributed by atoms with E-state index in [9.17, 15) is 9.18 Å². The minimum atomic E-state index is -0.571. The van der Waals surface area contributed by atoms with Crippen LogP contribution in [0.25, 0.3) is 21.8 Å². The molecule has 1 aromatic carbocycles. The summed E-state index contributed by atoms with van der Waals surface area (Å²) < 4.78 is 15.1. The van der Waals surface area contributed by atoms with Crippen LogP contribution < -0.4 is 11.2 Å². The summed E-state index contributed by atoms with van der Waals surface area (Å²) in [6.07, 6.45) is 3.01. The Kier molecular flexibility index (Phi) is 2.38. The fourth-order valence-electron chi connectivity index (χ4n) is 2.34. The van der Waals surface area contributed by atoms with Crippen LogP contribution in [-0.2, 0) is 0 Å². The summed E-state index contributed by atoms with van der Waals surface area (Å²) in [5, 5.41) is 1.36. The number of amides is 1. The summed E-state index contributed by atoms with van der Waals surface area (Å²) in [5.41, 5.74) is 9.98. The van der Waals surface area contributed by atoms with Gasteiger partial charge in [0.2, 0.25) is 0 Å². The van der Waals surface area contributed by atoms with Crippen molar-refractivity contribution in [2.24, 2.45) is 5.73 Å². The highest BCUT2D eigenvalue weighted by Crippen LogP contribution is 2.29. The first-order valence-corrected chi connectivity index (χ1v) is 5.68. The van der Waals surface area contributed by atoms with Gasteiger partial charge in [0.25, 0.3) is 5.91 Å². The molecule has 19 heavy (non-hydrogen) atoms. The lowest BCUT2D eigenvalue weighted by atomic mass is 10.1. The van der Waals surface area contributed by atoms with E-state index in [1.165, 1.54) is 18.3 Å². The molecule has 2 heterocycles. The van der Waals surface area contributed by atoms with Crippen LogP contribution in [0, 0.1) is 5.82 Å². The zero-order valence-corrected chi connectivity index (χ0v) is 10.1. The van der Waals surface area contributed by atoms with Crippen molar-refractivity contribution in [2.45, 2.75) is 0 Å². The second kappa shape index (κ2) is 3.94. The van der Waals surface area contributed by atoms with Crippen LogP contribution >= 0.6 is 0 Å². The van der Waals surface area contributed by atoms with Crippen LogP contribution in [0.1, 0.15) is 10.4 Å². The van der Waals surface area contributed by atoms with Crippen LogP contribution in [0.15, 0.2) is 30.6 Å². The molecule has 0 aliphatic carbocycles. The summed E-state index contributed by atoms with van der Waals surface area (Å²) in [5.74, 6) is -0.912. The zero-order chi connectivity index (χ0) is 13.6. The molecule has 0 atom stereocenters. The van der Waals surface area contributed by atoms with E-state index in [1.807, 2.05) is 0 Å². The number of hydrogen-bond donors (Lipinski definition) is 2. The first kappa shape index (κ1) is 11.5. The van der Waals surface area contributed by atoms with Gasteiger partial charge in [-0.1, -0.05) is 0 Å². The van der Waals surface area contributed by atoms with Crippen molar-refractivity contribution in [2.75, 3.05) is 12.5 Å². The zero-order valence-electron chi connectivity index (χ0n) is 10.1. The number of carbonyl (C=O) groups is 1. The smallest absolute Gasteiger partial charge is 0.252 e. The predicted molar refractivity (Wildman–Crippen MR) is 71.0 cm³/mol. The van der Waals surface area contributed by atoms with Crippen LogP contribution in [0.5, 0.6) is 0 Å². The van der Waals surface area contributed by atoms with Crippen LogP contribution in [0.4, 0.5) is 4.39 Å². The topological polar surface area (TPSA) is 72.9 Å². The number of nitrogens with zero attached hydrogens (tertiary/aromatic N) is 2. The summed E-state index contributed by atoms with van der Waals surface area (Å²) >= 11 is 0. The Balaban J connectivity index is 2.59. The molecule has 0 spiro atoms. The number of hydrogen-bond acceptors (Lipinski definition) is 3. The number of aromatic nitrogens is 2. The van der Waals surface area contributed by atoms with Crippen LogP contribution in [0.2, 0.25) is 0 Å². The predicted octanol–water partition coefficient (Wildman–Crippen LogP) is 1.60. The number of nitrogens with one attached hydrogen (secondary N) is 1. The van der Waals surface area contributed by atoms with Gasteiger partial charge in [-0.2, -0.15) is 0 Å². The summed E-state index contributed by atoms with van der Waals surface area (Å²) in [6, 6.07) is 4.43. The van der Waals surface area contributed by atoms with Crippen LogP contribution in [0.3, 0.4) is 0 Å². The van der Waals surface area contributed by atoms with Crippen molar-refractivity contribution in [3.05, 3.63) is 42.0 Å². The Morgan fingerprint density at radius 1 is 1.37 bits per heavy atom. The van der Waals surface area contributed by atoms with Crippen molar-refractivity contribution in [1.29, 1.82) is 0 Å². The summed E-state index contributed by atoms with van der Waals surface area (Å²) in [7, 11) is 1.72. The molecule has 0 unspecified atom stereocenters. The Morgan fingerprint density at radius 3 is 2.84 bits per heavy atom. The number of pyridine rings is 1. The fraction of sp³-hybridized carbons (Fsp3) is 0.0769. The molecule has 5 nitrogen and oxygen atoms in total. The maximum absolute atomic E-state index is 13.4. The molecule has 3 aromatic rings. The molecule has 96 valence electrons. The van der Waals surface area contributed by atoms with Crippen molar-refractivity contribution < 1.29 is 9.18 Å². The minimum Gasteiger partial charge on any atom is -0.365 e. The van der Waals surface area contributed by atoms with E-state index in [-0.39, 0.29) is 5.82 Å². The quantitative estimate of drug-likeness (QED) is 0.733. The second-order valence-electron chi connectivity index (χ2n) is 4.17. The van der Waals surface area contributed by atoms with E-state index >= 15 is 0 Å². The molecule has 0 aliphatic rings. The molecule has 0 bridgehead atoms. The lowest BCUT2D eigenvalue weighted by Gasteiger charge is -2.07. The number of rotatable bonds is 2. The van der Waals surface area contributed by atoms with E-state index in [2.05, 4.69) is 10.4 Å². The van der Waals surface area contributed by atoms with E-state index in [0.29, 0.717) is 21.9 Å². The average Bonchev–Trinajstić information content (AvgIpc) is 2.71. The molecule has 0 saturated carbocycles. The molecule has 2 aromatic heterocycles. The van der Waals surface area contributed by atoms with Gasteiger partial charge in [0.1, 0.15) is 5.82 Å². The van der Waals surface area contributed by atoms with E-state index in [4.69, 9.17) is 5.73 Å². The highest BCUT2D eigenvalue weighted by Gasteiger charge is 2.16. The molecular formula is C13H11FN4O. The van der Waals surface area contributed by atoms with Gasteiger partial charge in [-0.15, -0.1) is 0 Å². The number of primary amides is 1. The molecule has 0 aliphatic heterocycles. The van der Waals surface area contributed by atoms with Crippen LogP contribution in [-0.4, -0.2) is 22.6 Å². The van der Waals surface area contributed by atoms with Gasteiger partial charge in [0.15, 0.2) is 0 Å². The van der Waals surface area contributed by atoms with Gasteiger partial charge in [-0.25, -0.2) is 4.39 Å². The number of nitrogens with two attached hydrogens (primary N) is 1. The average molecular weight is 258 g/mol. The van der Waals surface area contributed by atoms with Crippen molar-refractivity contribution in [3.63, 3.8) is 0 Å². The molecule has 3 N–H and O–H groups in total. The Labute approximate surface area is 107 Å². The molecule has 0 saturated heterocycles. The number of fused-ring (bicyclic) bond motifs is 3. The van der Waals surface area contributed by atoms with E-state index in [0.717, 1.165) is 5.52 Å². The lowest BCUT2D eigenvalue weighted by molar-refractivity contribution is 0.100. The Bertz CT molecular complexity index is 809. The highest BCUT2D eigenvalue weighted by atomic mass is 19.1. The number of carbonyl (C=O) groups excluding carboxylic acids is 1. The van der Waals surface area contributed by atoms with Gasteiger partial charge >= 0.3 is 0 Å². The van der Waals surface area contributed by atoms with Gasteiger partial charge < -0.3 is 11.2 Å². The minimum absolute atomic E-state index is 0.295. The summed E-state index contributed by atoms with van der Waals surface area (Å²) in [4.78, 5) is 15.5. The Morgan fingerprint density at radius 2 is 2.16 bits per heavy atom. The maximum Gasteiger partial charge on any atom is 0.252 e. The van der Waals surface area contributed by atoms with Gasteiger partial charge in [-0.05, 0) is 18.2 Å². The standard InChI is InChI=1S/C13H11FN4O/c1-16-18-11-3-2-7(14)4-8(11)9-5-17-6-10(12(9)18)13(15)19/h2-6,16H,1H3,(H2,15,19). The normalized spacial score (nSPS) is 11.1. The molecule has 0 fully saturated rings. The van der Waals surface area contributed by atoms with Crippen molar-refractivity contribution >= 4 is 27.7 Å². The highest BCUT2D eigenvalue weighted by molar-refractivity contribution is 6.15. The third-order valence-electron chi connectivity index (χ3n) is 3.12. The summed E-state index contributed by atoms with van der Waals surface area (Å²) in [6.45, 7) is 0. The number of benzene rings is 1. The monoisotopic (exact) mass is 258 g/mol. The first-order chi connectivity index (χ1) is 9.13. The first-order valence-electron chi connectivity index (χ1n) is 5.68. The van der Waals surface area contributed by atoms with Crippen molar-refractivity contribution in [3.8, 4) is 0 Å². The third-order valence-corrected chi connectivity index (χ3v) is 3.12. The maximum atomic E-state index is 13.4. The van der Waals surface area contributed by atoms with Gasteiger partial charge in [0.05, 0.1) is 16.6 Å². The molecule has 3 rings (SSSR count). The SMILES string of the molecule is CNn1c2ccc(F)cc2c2cncc(C(N)=O)c21. The Hall–Kier alpha value is -2.63. The number of halogens is 1. The molecular weight excluding hydrogens is 247 g/mol. The van der Waals surface area contributed by atoms with E-state index < -0.39 is 5.91 Å². The largest absolute Gasteiger partial charge is 0.365 e. The fourth-order valence-corrected chi connectivity index (χ4v) is 2.34. The van der Waals surface area contributed by atoms with E-state index in [1.54, 1.807) is 24.0 Å². The lowest BCUT2D eigenvalue weighted by Crippen LogP contribution is -2.16. The van der Waals surface area contributed by atoms with Gasteiger partial charge in [-0.3, -0.25) is 14.5 Å². The molecule has 0 radical (unpaired) electrons. The third kappa shape index (κ3) is 1.53. The molecule has 1 amide bonds. The second-order valence-corrected chi connectivity index (χ2v) is 4.17. The van der Waals surface area contributed by atoms with Crippen molar-refractivity contribution in [1.82, 2.24) is 9.66 Å².